The molecule has 0 aromatic carbocycles. The second-order valence-corrected chi connectivity index (χ2v) is 2.51. The van der Waals surface area contributed by atoms with E-state index >= 15 is 0 Å². The zero-order chi connectivity index (χ0) is 10.4. The smallest absolute Gasteiger partial charge is 0.404 e. The summed E-state index contributed by atoms with van der Waals surface area (Å²) in [6, 6.07) is 0. The van der Waals surface area contributed by atoms with Crippen LogP contribution in [0.3, 0.4) is 0 Å². The third-order valence-corrected chi connectivity index (χ3v) is 1.37. The molecule has 0 aromatic rings. The van der Waals surface area contributed by atoms with Gasteiger partial charge >= 0.3 is 11.4 Å². The Kier molecular flexibility index (Phi) is 4.84. The number of carbonyl (C=O) groups excluding carboxylic acids is 1. The molecule has 0 amide bonds. The molecule has 1 unspecified atom stereocenters. The molecule has 0 radical (unpaired) electrons. The van der Waals surface area contributed by atoms with Gasteiger partial charge in [0.1, 0.15) is 6.10 Å². The third-order valence-electron chi connectivity index (χ3n) is 1.28. The van der Waals surface area contributed by atoms with Crippen molar-refractivity contribution in [3.05, 3.63) is 24.8 Å². The molecule has 5 heteroatoms. The van der Waals surface area contributed by atoms with Gasteiger partial charge in [-0.1, -0.05) is 12.7 Å². The van der Waals surface area contributed by atoms with E-state index in [1.807, 2.05) is 0 Å². The Morgan fingerprint density at radius 1 is 1.62 bits per heavy atom. The van der Waals surface area contributed by atoms with Gasteiger partial charge in [-0.2, -0.15) is 0 Å². The topological polar surface area (TPSA) is 63.6 Å². The summed E-state index contributed by atoms with van der Waals surface area (Å²) in [7, 11) is 0. The molecule has 0 heterocycles. The maximum atomic E-state index is 10.4. The molecule has 0 aliphatic rings. The highest BCUT2D eigenvalue weighted by Gasteiger charge is 2.20. The van der Waals surface area contributed by atoms with Gasteiger partial charge in [-0.05, 0) is 0 Å². The van der Waals surface area contributed by atoms with Crippen LogP contribution in [0.1, 0.15) is 6.42 Å². The van der Waals surface area contributed by atoms with E-state index in [2.05, 4.69) is 17.9 Å². The van der Waals surface area contributed by atoms with Crippen molar-refractivity contribution in [1.82, 2.24) is 0 Å². The summed E-state index contributed by atoms with van der Waals surface area (Å²) in [5.41, 5.74) is -1.29. The molecule has 0 saturated carbocycles. The number of aliphatic carboxylic acids is 1. The molecule has 4 nitrogen and oxygen atoms in total. The second kappa shape index (κ2) is 5.37. The number of hydrogen-bond acceptors (Lipinski definition) is 3. The van der Waals surface area contributed by atoms with Crippen LogP contribution in [0.25, 0.3) is 0 Å². The van der Waals surface area contributed by atoms with Crippen molar-refractivity contribution in [3.8, 4) is 0 Å². The Morgan fingerprint density at radius 2 is 2.15 bits per heavy atom. The number of carboxylic acids is 1. The van der Waals surface area contributed by atoms with Crippen molar-refractivity contribution in [1.29, 1.82) is 0 Å². The summed E-state index contributed by atoms with van der Waals surface area (Å²) >= 11 is 4.93. The van der Waals surface area contributed by atoms with E-state index in [0.717, 1.165) is 0 Å². The van der Waals surface area contributed by atoms with E-state index in [9.17, 15) is 9.59 Å². The van der Waals surface area contributed by atoms with Gasteiger partial charge in [0.05, 0.1) is 5.57 Å². The highest BCUT2D eigenvalue weighted by Crippen LogP contribution is 2.11. The maximum Gasteiger partial charge on any atom is 0.404 e. The van der Waals surface area contributed by atoms with Crippen molar-refractivity contribution < 1.29 is 19.4 Å². The maximum absolute atomic E-state index is 10.4. The minimum absolute atomic E-state index is 0.170. The van der Waals surface area contributed by atoms with Gasteiger partial charge in [0.15, 0.2) is 0 Å². The highest BCUT2D eigenvalue weighted by atomic mass is 35.5. The van der Waals surface area contributed by atoms with Gasteiger partial charge < -0.3 is 9.84 Å². The molecule has 0 aromatic heterocycles. The highest BCUT2D eigenvalue weighted by molar-refractivity contribution is 6.61. The summed E-state index contributed by atoms with van der Waals surface area (Å²) in [6.07, 6.45) is 0.641. The summed E-state index contributed by atoms with van der Waals surface area (Å²) in [4.78, 5) is 20.8. The normalized spacial score (nSPS) is 11.5. The first kappa shape index (κ1) is 11.7. The van der Waals surface area contributed by atoms with Crippen LogP contribution >= 0.6 is 11.6 Å². The fourth-order valence-electron chi connectivity index (χ4n) is 0.662. The number of ether oxygens (including phenoxy) is 1. The molecule has 0 saturated heterocycles. The Bertz CT molecular complexity index is 247. The van der Waals surface area contributed by atoms with Crippen LogP contribution < -0.4 is 0 Å². The van der Waals surface area contributed by atoms with Crippen molar-refractivity contribution >= 4 is 23.0 Å². The fourth-order valence-corrected chi connectivity index (χ4v) is 0.770. The van der Waals surface area contributed by atoms with Gasteiger partial charge in [-0.15, -0.1) is 6.58 Å². The number of rotatable bonds is 5. The third kappa shape index (κ3) is 4.32. The van der Waals surface area contributed by atoms with E-state index in [0.29, 0.717) is 0 Å². The van der Waals surface area contributed by atoms with Crippen molar-refractivity contribution in [2.75, 3.05) is 0 Å². The molecule has 0 aliphatic carbocycles. The van der Waals surface area contributed by atoms with E-state index < -0.39 is 17.5 Å². The first-order valence-corrected chi connectivity index (χ1v) is 3.76. The van der Waals surface area contributed by atoms with Crippen LogP contribution in [-0.2, 0) is 9.53 Å². The number of halogens is 1. The Balaban J connectivity index is 4.40. The molecule has 1 atom stereocenters. The van der Waals surface area contributed by atoms with Crippen LogP contribution in [-0.4, -0.2) is 22.6 Å². The van der Waals surface area contributed by atoms with Gasteiger partial charge in [-0.3, -0.25) is 0 Å². The number of carboxylic acid groups (broad SMARTS) is 1. The van der Waals surface area contributed by atoms with Crippen LogP contribution in [0.5, 0.6) is 0 Å². The monoisotopic (exact) mass is 204 g/mol. The van der Waals surface area contributed by atoms with Crippen LogP contribution in [0.2, 0.25) is 0 Å². The first-order valence-electron chi connectivity index (χ1n) is 3.38. The van der Waals surface area contributed by atoms with E-state index in [1.54, 1.807) is 0 Å². The molecule has 72 valence electrons. The molecule has 0 spiro atoms. The van der Waals surface area contributed by atoms with Gasteiger partial charge in [0, 0.05) is 18.0 Å². The van der Waals surface area contributed by atoms with Crippen LogP contribution in [0.4, 0.5) is 4.79 Å². The predicted molar refractivity (Wildman–Crippen MR) is 47.7 cm³/mol. The second-order valence-electron chi connectivity index (χ2n) is 2.20. The molecule has 0 bridgehead atoms. The lowest BCUT2D eigenvalue weighted by atomic mass is 10.1. The van der Waals surface area contributed by atoms with E-state index in [-0.39, 0.29) is 12.0 Å². The minimum Gasteiger partial charge on any atom is -0.478 e. The quantitative estimate of drug-likeness (QED) is 0.422. The molecular formula is C8H9ClO4. The molecular weight excluding hydrogens is 196 g/mol. The zero-order valence-corrected chi connectivity index (χ0v) is 7.58. The SMILES string of the molecule is C=CCC(OC(=O)Cl)C(=C)C(=O)O. The zero-order valence-electron chi connectivity index (χ0n) is 6.83. The largest absolute Gasteiger partial charge is 0.478 e. The van der Waals surface area contributed by atoms with Crippen molar-refractivity contribution in [2.45, 2.75) is 12.5 Å². The number of hydrogen-bond donors (Lipinski definition) is 1. The van der Waals surface area contributed by atoms with Crippen LogP contribution in [0, 0.1) is 0 Å². The molecule has 0 fully saturated rings. The average molecular weight is 205 g/mol. The molecule has 13 heavy (non-hydrogen) atoms. The van der Waals surface area contributed by atoms with Gasteiger partial charge in [0.25, 0.3) is 0 Å². The van der Waals surface area contributed by atoms with Gasteiger partial charge in [0.2, 0.25) is 0 Å². The Hall–Kier alpha value is -1.29. The lowest BCUT2D eigenvalue weighted by Crippen LogP contribution is -2.21. The molecule has 0 rings (SSSR count). The fraction of sp³-hybridized carbons (Fsp3) is 0.250. The molecule has 1 N–H and O–H groups in total. The Morgan fingerprint density at radius 3 is 2.46 bits per heavy atom. The lowest BCUT2D eigenvalue weighted by molar-refractivity contribution is -0.133. The van der Waals surface area contributed by atoms with E-state index in [4.69, 9.17) is 16.7 Å². The summed E-state index contributed by atoms with van der Waals surface area (Å²) in [5, 5.41) is 8.52. The number of carbonyl (C=O) groups is 2. The van der Waals surface area contributed by atoms with E-state index in [1.165, 1.54) is 6.08 Å². The standard InChI is InChI=1S/C8H9ClO4/c1-3-4-6(13-8(9)12)5(2)7(10)11/h3,6H,1-2,4H2,(H,10,11). The summed E-state index contributed by atoms with van der Waals surface area (Å²) in [6.45, 7) is 6.62. The molecule has 0 aliphatic heterocycles. The van der Waals surface area contributed by atoms with Crippen molar-refractivity contribution in [2.24, 2.45) is 0 Å². The first-order chi connectivity index (χ1) is 5.99. The summed E-state index contributed by atoms with van der Waals surface area (Å²) in [5.74, 6) is -1.23. The predicted octanol–water partition coefficient (Wildman–Crippen LogP) is 1.95. The average Bonchev–Trinajstić information content (AvgIpc) is 2.01. The minimum atomic E-state index is -1.23. The van der Waals surface area contributed by atoms with Gasteiger partial charge in [-0.25, -0.2) is 9.59 Å². The van der Waals surface area contributed by atoms with Crippen molar-refractivity contribution in [3.63, 3.8) is 0 Å². The lowest BCUT2D eigenvalue weighted by Gasteiger charge is -2.13. The van der Waals surface area contributed by atoms with Crippen LogP contribution in [0.15, 0.2) is 24.8 Å². The summed E-state index contributed by atoms with van der Waals surface area (Å²) < 4.78 is 4.49. The Labute approximate surface area is 80.4 Å².